The van der Waals surface area contributed by atoms with E-state index in [-0.39, 0.29) is 6.04 Å². The largest absolute Gasteiger partial charge is 0.271 e. The molecule has 0 aliphatic rings. The molecule has 1 atom stereocenters. The van der Waals surface area contributed by atoms with Crippen molar-refractivity contribution in [2.45, 2.75) is 12.5 Å². The maximum Gasteiger partial charge on any atom is 0.0501 e. The van der Waals surface area contributed by atoms with Crippen LogP contribution in [0.2, 0.25) is 0 Å². The monoisotopic (exact) mass is 214 g/mol. The van der Waals surface area contributed by atoms with E-state index in [9.17, 15) is 0 Å². The molecule has 2 rings (SSSR count). The molecule has 0 fully saturated rings. The molecule has 3 N–H and O–H groups in total. The quantitative estimate of drug-likeness (QED) is 0.593. The summed E-state index contributed by atoms with van der Waals surface area (Å²) in [6.07, 6.45) is 7.96. The van der Waals surface area contributed by atoms with Crippen LogP contribution in [0.4, 0.5) is 0 Å². The molecule has 0 aromatic carbocycles. The standard InChI is InChI=1S/C12H14N4/c13-16-12(11-3-6-14-7-4-11)8-10-2-1-5-15-9-10/h1-7,9,12,16H,8,13H2. The molecule has 0 spiro atoms. The molecule has 0 aliphatic heterocycles. The summed E-state index contributed by atoms with van der Waals surface area (Å²) in [6, 6.07) is 7.97. The Balaban J connectivity index is 2.13. The number of hydrogen-bond donors (Lipinski definition) is 2. The zero-order valence-electron chi connectivity index (χ0n) is 8.88. The zero-order valence-corrected chi connectivity index (χ0v) is 8.88. The molecule has 2 aromatic rings. The Bertz CT molecular complexity index is 416. The second kappa shape index (κ2) is 5.34. The summed E-state index contributed by atoms with van der Waals surface area (Å²) in [5.74, 6) is 5.56. The molecule has 0 saturated heterocycles. The highest BCUT2D eigenvalue weighted by Gasteiger charge is 2.09. The van der Waals surface area contributed by atoms with Crippen molar-refractivity contribution in [1.82, 2.24) is 15.4 Å². The van der Waals surface area contributed by atoms with Crippen LogP contribution in [-0.4, -0.2) is 9.97 Å². The van der Waals surface area contributed by atoms with Gasteiger partial charge in [0, 0.05) is 24.8 Å². The van der Waals surface area contributed by atoms with Crippen molar-refractivity contribution in [3.8, 4) is 0 Å². The van der Waals surface area contributed by atoms with Gasteiger partial charge >= 0.3 is 0 Å². The highest BCUT2D eigenvalue weighted by atomic mass is 15.2. The van der Waals surface area contributed by atoms with Crippen LogP contribution >= 0.6 is 0 Å². The third-order valence-corrected chi connectivity index (χ3v) is 2.47. The van der Waals surface area contributed by atoms with E-state index >= 15 is 0 Å². The number of rotatable bonds is 4. The number of aromatic nitrogens is 2. The van der Waals surface area contributed by atoms with E-state index in [1.807, 2.05) is 30.5 Å². The van der Waals surface area contributed by atoms with Gasteiger partial charge in [-0.25, -0.2) is 0 Å². The lowest BCUT2D eigenvalue weighted by Gasteiger charge is -2.15. The SMILES string of the molecule is NNC(Cc1cccnc1)c1ccncc1. The van der Waals surface area contributed by atoms with Crippen molar-refractivity contribution in [3.63, 3.8) is 0 Å². The van der Waals surface area contributed by atoms with E-state index in [1.165, 1.54) is 0 Å². The van der Waals surface area contributed by atoms with E-state index < -0.39 is 0 Å². The summed E-state index contributed by atoms with van der Waals surface area (Å²) in [5.41, 5.74) is 5.09. The van der Waals surface area contributed by atoms with Crippen molar-refractivity contribution < 1.29 is 0 Å². The van der Waals surface area contributed by atoms with Gasteiger partial charge in [0.1, 0.15) is 0 Å². The van der Waals surface area contributed by atoms with Crippen LogP contribution in [0.1, 0.15) is 17.2 Å². The summed E-state index contributed by atoms with van der Waals surface area (Å²) in [4.78, 5) is 8.07. The van der Waals surface area contributed by atoms with Crippen molar-refractivity contribution in [2.24, 2.45) is 5.84 Å². The molecule has 4 heteroatoms. The summed E-state index contributed by atoms with van der Waals surface area (Å²) in [5, 5.41) is 0. The molecular formula is C12H14N4. The van der Waals surface area contributed by atoms with E-state index in [2.05, 4.69) is 15.4 Å². The Hall–Kier alpha value is -1.78. The molecule has 0 bridgehead atoms. The first kappa shape index (κ1) is 10.7. The van der Waals surface area contributed by atoms with E-state index in [0.717, 1.165) is 17.5 Å². The van der Waals surface area contributed by atoms with Gasteiger partial charge in [-0.3, -0.25) is 21.2 Å². The van der Waals surface area contributed by atoms with E-state index in [1.54, 1.807) is 18.6 Å². The lowest BCUT2D eigenvalue weighted by atomic mass is 10.0. The Morgan fingerprint density at radius 1 is 1.12 bits per heavy atom. The van der Waals surface area contributed by atoms with Crippen molar-refractivity contribution >= 4 is 0 Å². The van der Waals surface area contributed by atoms with Crippen LogP contribution in [0, 0.1) is 0 Å². The van der Waals surface area contributed by atoms with Crippen LogP contribution in [0.5, 0.6) is 0 Å². The van der Waals surface area contributed by atoms with Gasteiger partial charge in [0.05, 0.1) is 6.04 Å². The molecular weight excluding hydrogens is 200 g/mol. The van der Waals surface area contributed by atoms with Gasteiger partial charge in [-0.2, -0.15) is 0 Å². The van der Waals surface area contributed by atoms with Crippen LogP contribution < -0.4 is 11.3 Å². The average molecular weight is 214 g/mol. The second-order valence-electron chi connectivity index (χ2n) is 3.57. The number of nitrogens with one attached hydrogen (secondary N) is 1. The minimum absolute atomic E-state index is 0.0900. The maximum absolute atomic E-state index is 5.56. The van der Waals surface area contributed by atoms with Gasteiger partial charge in [-0.05, 0) is 35.7 Å². The number of nitrogens with zero attached hydrogens (tertiary/aromatic N) is 2. The number of hydrazine groups is 1. The Kier molecular flexibility index (Phi) is 3.58. The van der Waals surface area contributed by atoms with Crippen LogP contribution in [0.25, 0.3) is 0 Å². The predicted molar refractivity (Wildman–Crippen MR) is 62.2 cm³/mol. The summed E-state index contributed by atoms with van der Waals surface area (Å²) >= 11 is 0. The predicted octanol–water partition coefficient (Wildman–Crippen LogP) is 1.22. The average Bonchev–Trinajstić information content (AvgIpc) is 2.38. The first-order valence-corrected chi connectivity index (χ1v) is 5.15. The molecule has 2 heterocycles. The molecule has 0 radical (unpaired) electrons. The Morgan fingerprint density at radius 2 is 1.94 bits per heavy atom. The molecule has 1 unspecified atom stereocenters. The van der Waals surface area contributed by atoms with Crippen LogP contribution in [0.15, 0.2) is 49.1 Å². The van der Waals surface area contributed by atoms with Gasteiger partial charge in [0.25, 0.3) is 0 Å². The Morgan fingerprint density at radius 3 is 2.56 bits per heavy atom. The fourth-order valence-electron chi connectivity index (χ4n) is 1.62. The smallest absolute Gasteiger partial charge is 0.0501 e. The fourth-order valence-corrected chi connectivity index (χ4v) is 1.62. The van der Waals surface area contributed by atoms with Crippen molar-refractivity contribution in [1.29, 1.82) is 0 Å². The molecule has 4 nitrogen and oxygen atoms in total. The van der Waals surface area contributed by atoms with E-state index in [4.69, 9.17) is 5.84 Å². The topological polar surface area (TPSA) is 63.8 Å². The maximum atomic E-state index is 5.56. The third kappa shape index (κ3) is 2.62. The minimum atomic E-state index is 0.0900. The van der Waals surface area contributed by atoms with Gasteiger partial charge in [0.2, 0.25) is 0 Å². The molecule has 2 aromatic heterocycles. The highest BCUT2D eigenvalue weighted by molar-refractivity contribution is 5.19. The lowest BCUT2D eigenvalue weighted by molar-refractivity contribution is 0.550. The normalized spacial score (nSPS) is 12.3. The molecule has 0 saturated carbocycles. The summed E-state index contributed by atoms with van der Waals surface area (Å²) in [7, 11) is 0. The summed E-state index contributed by atoms with van der Waals surface area (Å²) in [6.45, 7) is 0. The van der Waals surface area contributed by atoms with Gasteiger partial charge < -0.3 is 0 Å². The first-order chi connectivity index (χ1) is 7.90. The van der Waals surface area contributed by atoms with Gasteiger partial charge in [0.15, 0.2) is 0 Å². The molecule has 82 valence electrons. The van der Waals surface area contributed by atoms with Crippen molar-refractivity contribution in [3.05, 3.63) is 60.2 Å². The number of nitrogens with two attached hydrogens (primary N) is 1. The zero-order chi connectivity index (χ0) is 11.2. The molecule has 16 heavy (non-hydrogen) atoms. The minimum Gasteiger partial charge on any atom is -0.271 e. The summed E-state index contributed by atoms with van der Waals surface area (Å²) < 4.78 is 0. The fraction of sp³-hybridized carbons (Fsp3) is 0.167. The lowest BCUT2D eigenvalue weighted by Crippen LogP contribution is -2.29. The number of pyridine rings is 2. The van der Waals surface area contributed by atoms with Gasteiger partial charge in [-0.1, -0.05) is 6.07 Å². The van der Waals surface area contributed by atoms with Crippen molar-refractivity contribution in [2.75, 3.05) is 0 Å². The van der Waals surface area contributed by atoms with Crippen LogP contribution in [0.3, 0.4) is 0 Å². The van der Waals surface area contributed by atoms with Crippen LogP contribution in [-0.2, 0) is 6.42 Å². The Labute approximate surface area is 94.5 Å². The molecule has 0 aliphatic carbocycles. The molecule has 0 amide bonds. The van der Waals surface area contributed by atoms with Gasteiger partial charge in [-0.15, -0.1) is 0 Å². The first-order valence-electron chi connectivity index (χ1n) is 5.15. The van der Waals surface area contributed by atoms with E-state index in [0.29, 0.717) is 0 Å². The second-order valence-corrected chi connectivity index (χ2v) is 3.57. The third-order valence-electron chi connectivity index (χ3n) is 2.47. The highest BCUT2D eigenvalue weighted by Crippen LogP contribution is 2.15. The number of hydrogen-bond acceptors (Lipinski definition) is 4.